The number of amides is 3. The van der Waals surface area contributed by atoms with E-state index in [2.05, 4.69) is 15.6 Å². The number of carbonyl (C=O) groups excluding carboxylic acids is 2. The molecule has 3 amide bonds. The molecular weight excluding hydrogens is 320 g/mol. The summed E-state index contributed by atoms with van der Waals surface area (Å²) in [6, 6.07) is 4.25. The normalized spacial score (nSPS) is 16.6. The van der Waals surface area contributed by atoms with Crippen LogP contribution in [0.15, 0.2) is 24.4 Å². The Balaban J connectivity index is 1.95. The van der Waals surface area contributed by atoms with Crippen LogP contribution in [0.4, 0.5) is 10.6 Å². The Bertz CT molecular complexity index is 557. The van der Waals surface area contributed by atoms with Gasteiger partial charge >= 0.3 is 6.03 Å². The van der Waals surface area contributed by atoms with Crippen LogP contribution in [-0.2, 0) is 4.79 Å². The molecule has 1 atom stereocenters. The van der Waals surface area contributed by atoms with E-state index in [1.54, 1.807) is 29.3 Å². The minimum absolute atomic E-state index is 0.0544. The summed E-state index contributed by atoms with van der Waals surface area (Å²) >= 11 is 0. The number of pyridine rings is 1. The number of aromatic nitrogens is 1. The fraction of sp³-hybridized carbons (Fsp3) is 0.611. The Morgan fingerprint density at radius 1 is 1.32 bits per heavy atom. The van der Waals surface area contributed by atoms with E-state index in [-0.39, 0.29) is 24.3 Å². The average molecular weight is 348 g/mol. The van der Waals surface area contributed by atoms with Gasteiger partial charge in [0.1, 0.15) is 11.9 Å². The van der Waals surface area contributed by atoms with Gasteiger partial charge in [0.2, 0.25) is 5.91 Å². The molecule has 0 unspecified atom stereocenters. The first kappa shape index (κ1) is 19.2. The lowest BCUT2D eigenvalue weighted by molar-refractivity contribution is -0.135. The molecule has 1 aliphatic rings. The molecule has 0 saturated carbocycles. The number of nitrogens with zero attached hydrogens (tertiary/aromatic N) is 2. The minimum Gasteiger partial charge on any atom is -0.396 e. The number of carbonyl (C=O) groups is 2. The summed E-state index contributed by atoms with van der Waals surface area (Å²) in [6.45, 7) is 5.47. The molecule has 0 aromatic carbocycles. The van der Waals surface area contributed by atoms with Gasteiger partial charge in [0.15, 0.2) is 0 Å². The van der Waals surface area contributed by atoms with Crippen LogP contribution >= 0.6 is 0 Å². The number of piperidine rings is 1. The van der Waals surface area contributed by atoms with Crippen LogP contribution < -0.4 is 10.6 Å². The standard InChI is InChI=1S/C18H28N4O3/c1-13(2)11-15(17(24)22-9-6-14(12-23)7-10-22)20-18(25)21-16-5-3-4-8-19-16/h3-5,8,13-15,23H,6-7,9-12H2,1-2H3,(H2,19,20,21,25)/t15-/m0/s1. The summed E-state index contributed by atoms with van der Waals surface area (Å²) in [6.07, 6.45) is 3.78. The lowest BCUT2D eigenvalue weighted by atomic mass is 9.96. The van der Waals surface area contributed by atoms with Gasteiger partial charge in [0, 0.05) is 25.9 Å². The molecule has 7 heteroatoms. The summed E-state index contributed by atoms with van der Waals surface area (Å²) in [5.74, 6) is 0.938. The number of likely N-dealkylation sites (tertiary alicyclic amines) is 1. The number of urea groups is 1. The molecule has 0 radical (unpaired) electrons. The summed E-state index contributed by atoms with van der Waals surface area (Å²) in [5.41, 5.74) is 0. The molecule has 1 saturated heterocycles. The number of anilines is 1. The highest BCUT2D eigenvalue weighted by Crippen LogP contribution is 2.18. The van der Waals surface area contributed by atoms with E-state index in [4.69, 9.17) is 0 Å². The number of hydrogen-bond donors (Lipinski definition) is 3. The largest absolute Gasteiger partial charge is 0.396 e. The first-order valence-corrected chi connectivity index (χ1v) is 8.87. The average Bonchev–Trinajstić information content (AvgIpc) is 2.61. The number of aliphatic hydroxyl groups is 1. The zero-order valence-electron chi connectivity index (χ0n) is 14.9. The Hall–Kier alpha value is -2.15. The van der Waals surface area contributed by atoms with Gasteiger partial charge in [0.05, 0.1) is 0 Å². The van der Waals surface area contributed by atoms with E-state index in [1.807, 2.05) is 13.8 Å². The van der Waals surface area contributed by atoms with Crippen molar-refractivity contribution in [1.82, 2.24) is 15.2 Å². The zero-order valence-corrected chi connectivity index (χ0v) is 14.9. The SMILES string of the molecule is CC(C)C[C@H](NC(=O)Nc1ccccn1)C(=O)N1CCC(CO)CC1. The third-order valence-electron chi connectivity index (χ3n) is 4.40. The van der Waals surface area contributed by atoms with Gasteiger partial charge in [-0.3, -0.25) is 10.1 Å². The van der Waals surface area contributed by atoms with Crippen LogP contribution in [0.25, 0.3) is 0 Å². The third-order valence-corrected chi connectivity index (χ3v) is 4.40. The highest BCUT2D eigenvalue weighted by atomic mass is 16.3. The molecule has 1 aliphatic heterocycles. The van der Waals surface area contributed by atoms with Crippen molar-refractivity contribution in [3.63, 3.8) is 0 Å². The van der Waals surface area contributed by atoms with Crippen LogP contribution in [0.5, 0.6) is 0 Å². The smallest absolute Gasteiger partial charge is 0.321 e. The van der Waals surface area contributed by atoms with E-state index in [0.717, 1.165) is 12.8 Å². The first-order valence-electron chi connectivity index (χ1n) is 8.87. The highest BCUT2D eigenvalue weighted by molar-refractivity contribution is 5.93. The predicted molar refractivity (Wildman–Crippen MR) is 96.0 cm³/mol. The quantitative estimate of drug-likeness (QED) is 0.731. The predicted octanol–water partition coefficient (Wildman–Crippen LogP) is 1.85. The van der Waals surface area contributed by atoms with Crippen LogP contribution in [0.1, 0.15) is 33.1 Å². The van der Waals surface area contributed by atoms with Gasteiger partial charge in [-0.25, -0.2) is 9.78 Å². The molecule has 2 rings (SSSR count). The fourth-order valence-electron chi connectivity index (χ4n) is 3.00. The van der Waals surface area contributed by atoms with Crippen molar-refractivity contribution in [3.8, 4) is 0 Å². The number of rotatable bonds is 6. The molecule has 0 bridgehead atoms. The van der Waals surface area contributed by atoms with E-state index in [1.165, 1.54) is 0 Å². The number of hydrogen-bond acceptors (Lipinski definition) is 4. The Morgan fingerprint density at radius 3 is 2.60 bits per heavy atom. The van der Waals surface area contributed by atoms with E-state index in [0.29, 0.717) is 25.3 Å². The van der Waals surface area contributed by atoms with E-state index >= 15 is 0 Å². The molecule has 138 valence electrons. The maximum Gasteiger partial charge on any atom is 0.321 e. The topological polar surface area (TPSA) is 94.6 Å². The molecule has 7 nitrogen and oxygen atoms in total. The van der Waals surface area contributed by atoms with Crippen LogP contribution in [-0.4, -0.2) is 52.7 Å². The minimum atomic E-state index is -0.561. The van der Waals surface area contributed by atoms with Gasteiger partial charge in [0.25, 0.3) is 0 Å². The van der Waals surface area contributed by atoms with Crippen molar-refractivity contribution < 1.29 is 14.7 Å². The lowest BCUT2D eigenvalue weighted by Crippen LogP contribution is -2.52. The maximum atomic E-state index is 12.8. The van der Waals surface area contributed by atoms with Crippen LogP contribution in [0.2, 0.25) is 0 Å². The van der Waals surface area contributed by atoms with E-state index < -0.39 is 12.1 Å². The van der Waals surface area contributed by atoms with Crippen molar-refractivity contribution >= 4 is 17.8 Å². The monoisotopic (exact) mass is 348 g/mol. The Morgan fingerprint density at radius 2 is 2.04 bits per heavy atom. The molecule has 2 heterocycles. The summed E-state index contributed by atoms with van der Waals surface area (Å²) in [4.78, 5) is 30.9. The van der Waals surface area contributed by atoms with Gasteiger partial charge in [-0.2, -0.15) is 0 Å². The summed E-state index contributed by atoms with van der Waals surface area (Å²) in [7, 11) is 0. The second-order valence-electron chi connectivity index (χ2n) is 6.95. The molecule has 1 fully saturated rings. The zero-order chi connectivity index (χ0) is 18.2. The van der Waals surface area contributed by atoms with E-state index in [9.17, 15) is 14.7 Å². The third kappa shape index (κ3) is 6.01. The second kappa shape index (κ2) is 9.36. The van der Waals surface area contributed by atoms with Gasteiger partial charge in [-0.15, -0.1) is 0 Å². The Labute approximate surface area is 148 Å². The molecule has 0 aliphatic carbocycles. The van der Waals surface area contributed by atoms with Gasteiger partial charge in [-0.05, 0) is 43.2 Å². The maximum absolute atomic E-state index is 12.8. The highest BCUT2D eigenvalue weighted by Gasteiger charge is 2.29. The van der Waals surface area contributed by atoms with Crippen molar-refractivity contribution in [2.24, 2.45) is 11.8 Å². The van der Waals surface area contributed by atoms with Crippen LogP contribution in [0, 0.1) is 11.8 Å². The van der Waals surface area contributed by atoms with Crippen molar-refractivity contribution in [3.05, 3.63) is 24.4 Å². The van der Waals surface area contributed by atoms with Crippen molar-refractivity contribution in [2.75, 3.05) is 25.0 Å². The molecule has 1 aromatic rings. The summed E-state index contributed by atoms with van der Waals surface area (Å²) in [5, 5.41) is 14.7. The Kier molecular flexibility index (Phi) is 7.18. The first-order chi connectivity index (χ1) is 12.0. The van der Waals surface area contributed by atoms with Crippen molar-refractivity contribution in [2.45, 2.75) is 39.2 Å². The number of aliphatic hydroxyl groups excluding tert-OH is 1. The second-order valence-corrected chi connectivity index (χ2v) is 6.95. The fourth-order valence-corrected chi connectivity index (χ4v) is 3.00. The van der Waals surface area contributed by atoms with Gasteiger partial charge < -0.3 is 15.3 Å². The molecule has 3 N–H and O–H groups in total. The van der Waals surface area contributed by atoms with Crippen molar-refractivity contribution in [1.29, 1.82) is 0 Å². The number of nitrogens with one attached hydrogen (secondary N) is 2. The molecule has 25 heavy (non-hydrogen) atoms. The van der Waals surface area contributed by atoms with Gasteiger partial charge in [-0.1, -0.05) is 19.9 Å². The molecular formula is C18H28N4O3. The molecule has 0 spiro atoms. The molecule has 1 aromatic heterocycles. The lowest BCUT2D eigenvalue weighted by Gasteiger charge is -2.34. The summed E-state index contributed by atoms with van der Waals surface area (Å²) < 4.78 is 0. The van der Waals surface area contributed by atoms with Crippen LogP contribution in [0.3, 0.4) is 0 Å².